The van der Waals surface area contributed by atoms with Crippen molar-refractivity contribution in [2.24, 2.45) is 5.92 Å². The lowest BCUT2D eigenvalue weighted by Gasteiger charge is -2.35. The minimum absolute atomic E-state index is 0.0209. The fraction of sp³-hybridized carbons (Fsp3) is 0.500. The molecule has 1 saturated heterocycles. The molecule has 2 heterocycles. The maximum absolute atomic E-state index is 14.4. The van der Waals surface area contributed by atoms with Crippen LogP contribution < -0.4 is 10.6 Å². The number of nitrogens with one attached hydrogen (secondary N) is 2. The number of hydrogen-bond acceptors (Lipinski definition) is 3. The van der Waals surface area contributed by atoms with Crippen LogP contribution in [0.5, 0.6) is 0 Å². The van der Waals surface area contributed by atoms with Gasteiger partial charge in [-0.05, 0) is 81.8 Å². The number of rotatable bonds is 8. The zero-order valence-electron chi connectivity index (χ0n) is 23.4. The number of amides is 2. The molecule has 2 amide bonds. The van der Waals surface area contributed by atoms with Gasteiger partial charge in [-0.15, -0.1) is 0 Å². The zero-order chi connectivity index (χ0) is 27.5. The Bertz CT molecular complexity index is 1330. The summed E-state index contributed by atoms with van der Waals surface area (Å²) in [7, 11) is 1.76. The first-order chi connectivity index (χ1) is 18.9. The quantitative estimate of drug-likeness (QED) is 0.407. The molecule has 2 fully saturated rings. The van der Waals surface area contributed by atoms with Crippen LogP contribution in [0.2, 0.25) is 0 Å². The summed E-state index contributed by atoms with van der Waals surface area (Å²) < 4.78 is 16.6. The van der Waals surface area contributed by atoms with Crippen molar-refractivity contribution in [2.45, 2.75) is 83.5 Å². The second-order valence-corrected chi connectivity index (χ2v) is 11.4. The summed E-state index contributed by atoms with van der Waals surface area (Å²) in [4.78, 5) is 29.0. The maximum atomic E-state index is 14.4. The SMILES string of the molecule is CN[C@@H](C)C(=O)N[C@H](C(=O)N1CCC[C@H]1Cn1cc(-c2ccccc2C)c2cc(F)ccc21)C1CCCCC1. The van der Waals surface area contributed by atoms with E-state index in [0.29, 0.717) is 13.1 Å². The third kappa shape index (κ3) is 5.74. The minimum Gasteiger partial charge on any atom is -0.345 e. The highest BCUT2D eigenvalue weighted by atomic mass is 19.1. The molecule has 2 aliphatic rings. The van der Waals surface area contributed by atoms with E-state index in [-0.39, 0.29) is 35.6 Å². The average molecular weight is 533 g/mol. The fourth-order valence-electron chi connectivity index (χ4n) is 6.49. The molecule has 208 valence electrons. The molecule has 39 heavy (non-hydrogen) atoms. The summed E-state index contributed by atoms with van der Waals surface area (Å²) in [6.45, 7) is 5.23. The Hall–Kier alpha value is -3.19. The number of aryl methyl sites for hydroxylation is 1. The van der Waals surface area contributed by atoms with Crippen LogP contribution in [0.15, 0.2) is 48.7 Å². The second-order valence-electron chi connectivity index (χ2n) is 11.4. The second kappa shape index (κ2) is 11.9. The molecule has 2 aromatic carbocycles. The fourth-order valence-corrected chi connectivity index (χ4v) is 6.49. The maximum Gasteiger partial charge on any atom is 0.245 e. The number of likely N-dealkylation sites (N-methyl/N-ethyl adjacent to an activating group) is 1. The Morgan fingerprint density at radius 2 is 1.79 bits per heavy atom. The van der Waals surface area contributed by atoms with Crippen LogP contribution >= 0.6 is 0 Å². The summed E-state index contributed by atoms with van der Waals surface area (Å²) in [6, 6.07) is 12.3. The summed E-state index contributed by atoms with van der Waals surface area (Å²) in [5.74, 6) is -0.167. The lowest BCUT2D eigenvalue weighted by molar-refractivity contribution is -0.139. The van der Waals surface area contributed by atoms with E-state index in [1.165, 1.54) is 12.5 Å². The molecule has 1 aliphatic carbocycles. The van der Waals surface area contributed by atoms with Crippen molar-refractivity contribution in [2.75, 3.05) is 13.6 Å². The highest BCUT2D eigenvalue weighted by Crippen LogP contribution is 2.35. The summed E-state index contributed by atoms with van der Waals surface area (Å²) in [6.07, 6.45) is 9.29. The first-order valence-electron chi connectivity index (χ1n) is 14.5. The molecular weight excluding hydrogens is 491 g/mol. The van der Waals surface area contributed by atoms with E-state index in [1.807, 2.05) is 30.0 Å². The van der Waals surface area contributed by atoms with Gasteiger partial charge in [0.05, 0.1) is 6.04 Å². The zero-order valence-corrected chi connectivity index (χ0v) is 23.4. The molecule has 1 aromatic heterocycles. The van der Waals surface area contributed by atoms with E-state index in [1.54, 1.807) is 13.1 Å². The van der Waals surface area contributed by atoms with Gasteiger partial charge in [-0.1, -0.05) is 43.5 Å². The normalized spacial score (nSPS) is 19.8. The van der Waals surface area contributed by atoms with Gasteiger partial charge >= 0.3 is 0 Å². The van der Waals surface area contributed by atoms with Crippen LogP contribution in [0.25, 0.3) is 22.0 Å². The molecule has 6 nitrogen and oxygen atoms in total. The minimum atomic E-state index is -0.493. The first kappa shape index (κ1) is 27.4. The lowest BCUT2D eigenvalue weighted by Crippen LogP contribution is -2.56. The van der Waals surface area contributed by atoms with E-state index in [0.717, 1.165) is 66.1 Å². The van der Waals surface area contributed by atoms with Gasteiger partial charge in [0.1, 0.15) is 11.9 Å². The van der Waals surface area contributed by atoms with Crippen molar-refractivity contribution >= 4 is 22.7 Å². The number of nitrogens with zero attached hydrogens (tertiary/aromatic N) is 2. The highest BCUT2D eigenvalue weighted by molar-refractivity contribution is 5.97. The largest absolute Gasteiger partial charge is 0.345 e. The monoisotopic (exact) mass is 532 g/mol. The van der Waals surface area contributed by atoms with Crippen molar-refractivity contribution in [1.82, 2.24) is 20.1 Å². The summed E-state index contributed by atoms with van der Waals surface area (Å²) in [5, 5.41) is 7.00. The van der Waals surface area contributed by atoms with E-state index in [9.17, 15) is 14.0 Å². The Morgan fingerprint density at radius 1 is 1.03 bits per heavy atom. The van der Waals surface area contributed by atoms with E-state index < -0.39 is 6.04 Å². The average Bonchev–Trinajstić information content (AvgIpc) is 3.56. The molecular formula is C32H41FN4O2. The Kier molecular flexibility index (Phi) is 8.36. The molecule has 2 N–H and O–H groups in total. The predicted octanol–water partition coefficient (Wildman–Crippen LogP) is 5.42. The molecule has 0 bridgehead atoms. The summed E-state index contributed by atoms with van der Waals surface area (Å²) >= 11 is 0. The van der Waals surface area contributed by atoms with Gasteiger partial charge in [0.15, 0.2) is 0 Å². The highest BCUT2D eigenvalue weighted by Gasteiger charge is 2.38. The number of likely N-dealkylation sites (tertiary alicyclic amines) is 1. The molecule has 7 heteroatoms. The molecule has 5 rings (SSSR count). The van der Waals surface area contributed by atoms with Crippen LogP contribution in [-0.4, -0.2) is 53.0 Å². The number of carbonyl (C=O) groups excluding carboxylic acids is 2. The molecule has 0 spiro atoms. The Balaban J connectivity index is 1.43. The van der Waals surface area contributed by atoms with Gasteiger partial charge in [-0.3, -0.25) is 9.59 Å². The standard InChI is InChI=1S/C32H41FN4O2/c1-21-10-7-8-14-26(21)28-20-36(29-16-15-24(33)18-27(28)29)19-25-13-9-17-37(25)32(39)30(23-11-5-4-6-12-23)35-31(38)22(2)34-3/h7-8,10,14-16,18,20,22-23,25,30,34H,4-6,9,11-13,17,19H2,1-3H3,(H,35,38)/t22-,25-,30-/m0/s1. The Morgan fingerprint density at radius 3 is 2.54 bits per heavy atom. The van der Waals surface area contributed by atoms with Gasteiger partial charge in [0, 0.05) is 41.8 Å². The summed E-state index contributed by atoms with van der Waals surface area (Å²) in [5.41, 5.74) is 4.20. The van der Waals surface area contributed by atoms with Gasteiger partial charge in [0.25, 0.3) is 0 Å². The number of aromatic nitrogens is 1. The third-order valence-corrected chi connectivity index (χ3v) is 8.86. The molecule has 3 atom stereocenters. The van der Waals surface area contributed by atoms with Gasteiger partial charge in [-0.2, -0.15) is 0 Å². The van der Waals surface area contributed by atoms with Crippen LogP contribution in [0, 0.1) is 18.7 Å². The van der Waals surface area contributed by atoms with E-state index in [4.69, 9.17) is 0 Å². The molecule has 1 saturated carbocycles. The number of benzene rings is 2. The topological polar surface area (TPSA) is 66.4 Å². The van der Waals surface area contributed by atoms with E-state index >= 15 is 0 Å². The number of carbonyl (C=O) groups is 2. The van der Waals surface area contributed by atoms with Gasteiger partial charge in [0.2, 0.25) is 11.8 Å². The first-order valence-corrected chi connectivity index (χ1v) is 14.5. The third-order valence-electron chi connectivity index (χ3n) is 8.86. The van der Waals surface area contributed by atoms with Crippen LogP contribution in [0.1, 0.15) is 57.4 Å². The van der Waals surface area contributed by atoms with Crippen molar-refractivity contribution in [3.63, 3.8) is 0 Å². The van der Waals surface area contributed by atoms with Crippen LogP contribution in [-0.2, 0) is 16.1 Å². The van der Waals surface area contributed by atoms with Crippen molar-refractivity contribution < 1.29 is 14.0 Å². The predicted molar refractivity (Wildman–Crippen MR) is 154 cm³/mol. The van der Waals surface area contributed by atoms with Crippen molar-refractivity contribution in [1.29, 1.82) is 0 Å². The van der Waals surface area contributed by atoms with Crippen LogP contribution in [0.3, 0.4) is 0 Å². The van der Waals surface area contributed by atoms with Crippen LogP contribution in [0.4, 0.5) is 4.39 Å². The number of halogens is 1. The molecule has 3 aromatic rings. The van der Waals surface area contributed by atoms with E-state index in [2.05, 4.69) is 40.5 Å². The van der Waals surface area contributed by atoms with Crippen molar-refractivity contribution in [3.8, 4) is 11.1 Å². The number of fused-ring (bicyclic) bond motifs is 1. The van der Waals surface area contributed by atoms with Crippen molar-refractivity contribution in [3.05, 3.63) is 60.0 Å². The van der Waals surface area contributed by atoms with Gasteiger partial charge in [-0.25, -0.2) is 4.39 Å². The lowest BCUT2D eigenvalue weighted by atomic mass is 9.83. The molecule has 0 radical (unpaired) electrons. The van der Waals surface area contributed by atoms with Gasteiger partial charge < -0.3 is 20.1 Å². The number of hydrogen-bond donors (Lipinski definition) is 2. The Labute approximate surface area is 230 Å². The molecule has 0 unspecified atom stereocenters. The smallest absolute Gasteiger partial charge is 0.245 e. The molecule has 1 aliphatic heterocycles.